The van der Waals surface area contributed by atoms with Crippen LogP contribution in [0, 0.1) is 10.8 Å². The Bertz CT molecular complexity index is 245. The van der Waals surface area contributed by atoms with Crippen LogP contribution in [0.25, 0.3) is 0 Å². The molecule has 4 heteroatoms. The average Bonchev–Trinajstić information content (AvgIpc) is 2.20. The SMILES string of the molecule is CC(C)(C)OCCOCCCCC(C)(C)C(=N)N. The molecule has 0 heterocycles. The van der Waals surface area contributed by atoms with Crippen molar-refractivity contribution in [1.29, 1.82) is 5.41 Å². The third-order valence-electron chi connectivity index (χ3n) is 2.83. The third kappa shape index (κ3) is 9.42. The van der Waals surface area contributed by atoms with Crippen LogP contribution in [0.15, 0.2) is 0 Å². The lowest BCUT2D eigenvalue weighted by molar-refractivity contribution is -0.0352. The smallest absolute Gasteiger partial charge is 0.0963 e. The number of ether oxygens (including phenoxy) is 2. The molecule has 0 rings (SSSR count). The van der Waals surface area contributed by atoms with Crippen LogP contribution in [-0.4, -0.2) is 31.3 Å². The molecule has 0 aromatic heterocycles. The van der Waals surface area contributed by atoms with Gasteiger partial charge in [0.1, 0.15) is 0 Å². The van der Waals surface area contributed by atoms with Crippen LogP contribution in [0.4, 0.5) is 0 Å². The molecule has 3 N–H and O–H groups in total. The highest BCUT2D eigenvalue weighted by Crippen LogP contribution is 2.22. The van der Waals surface area contributed by atoms with E-state index >= 15 is 0 Å². The summed E-state index contributed by atoms with van der Waals surface area (Å²) in [6.07, 6.45) is 2.98. The molecule has 18 heavy (non-hydrogen) atoms. The molecule has 0 fully saturated rings. The van der Waals surface area contributed by atoms with Crippen molar-refractivity contribution in [3.63, 3.8) is 0 Å². The van der Waals surface area contributed by atoms with E-state index in [2.05, 4.69) is 0 Å². The summed E-state index contributed by atoms with van der Waals surface area (Å²) in [4.78, 5) is 0. The lowest BCUT2D eigenvalue weighted by atomic mass is 9.86. The highest BCUT2D eigenvalue weighted by atomic mass is 16.5. The molecule has 0 aromatic rings. The Morgan fingerprint density at radius 2 is 1.61 bits per heavy atom. The van der Waals surface area contributed by atoms with Crippen molar-refractivity contribution in [3.05, 3.63) is 0 Å². The minimum absolute atomic E-state index is 0.0884. The van der Waals surface area contributed by atoms with Crippen LogP contribution in [0.1, 0.15) is 53.9 Å². The molecule has 0 saturated carbocycles. The van der Waals surface area contributed by atoms with Crippen molar-refractivity contribution < 1.29 is 9.47 Å². The van der Waals surface area contributed by atoms with Crippen LogP contribution in [0.2, 0.25) is 0 Å². The van der Waals surface area contributed by atoms with E-state index < -0.39 is 0 Å². The van der Waals surface area contributed by atoms with Gasteiger partial charge in [-0.25, -0.2) is 0 Å². The lowest BCUT2D eigenvalue weighted by Crippen LogP contribution is -2.30. The van der Waals surface area contributed by atoms with Gasteiger partial charge in [0.15, 0.2) is 0 Å². The summed E-state index contributed by atoms with van der Waals surface area (Å²) in [5.74, 6) is 0.266. The molecule has 0 bridgehead atoms. The van der Waals surface area contributed by atoms with Gasteiger partial charge in [-0.2, -0.15) is 0 Å². The van der Waals surface area contributed by atoms with Crippen LogP contribution < -0.4 is 5.73 Å². The maximum Gasteiger partial charge on any atom is 0.0963 e. The quantitative estimate of drug-likeness (QED) is 0.379. The maximum absolute atomic E-state index is 7.46. The molecular formula is C14H30N2O2. The first kappa shape index (κ1) is 17.4. The number of amidine groups is 1. The largest absolute Gasteiger partial charge is 0.387 e. The number of unbranched alkanes of at least 4 members (excludes halogenated alkanes) is 1. The van der Waals surface area contributed by atoms with Crippen molar-refractivity contribution in [2.75, 3.05) is 19.8 Å². The molecule has 108 valence electrons. The topological polar surface area (TPSA) is 68.3 Å². The zero-order valence-corrected chi connectivity index (χ0v) is 12.6. The molecule has 0 saturated heterocycles. The van der Waals surface area contributed by atoms with Gasteiger partial charge >= 0.3 is 0 Å². The molecule has 0 aliphatic heterocycles. The first-order chi connectivity index (χ1) is 8.15. The number of hydrogen-bond acceptors (Lipinski definition) is 3. The third-order valence-corrected chi connectivity index (χ3v) is 2.83. The highest BCUT2D eigenvalue weighted by Gasteiger charge is 2.20. The summed E-state index contributed by atoms with van der Waals surface area (Å²) in [5, 5.41) is 7.46. The van der Waals surface area contributed by atoms with Gasteiger partial charge in [-0.15, -0.1) is 0 Å². The summed E-state index contributed by atoms with van der Waals surface area (Å²) in [6.45, 7) is 12.2. The van der Waals surface area contributed by atoms with Gasteiger partial charge in [0.2, 0.25) is 0 Å². The Kier molecular flexibility index (Phi) is 7.48. The maximum atomic E-state index is 7.46. The predicted octanol–water partition coefficient (Wildman–Crippen LogP) is 2.95. The first-order valence-corrected chi connectivity index (χ1v) is 6.71. The van der Waals surface area contributed by atoms with Crippen LogP contribution in [0.3, 0.4) is 0 Å². The minimum Gasteiger partial charge on any atom is -0.387 e. The number of hydrogen-bond donors (Lipinski definition) is 2. The van der Waals surface area contributed by atoms with Crippen molar-refractivity contribution in [1.82, 2.24) is 0 Å². The Morgan fingerprint density at radius 1 is 1.00 bits per heavy atom. The van der Waals surface area contributed by atoms with E-state index in [0.29, 0.717) is 13.2 Å². The second kappa shape index (κ2) is 7.74. The normalized spacial score (nSPS) is 12.7. The molecule has 0 amide bonds. The zero-order chi connectivity index (χ0) is 14.2. The summed E-state index contributed by atoms with van der Waals surface area (Å²) in [6, 6.07) is 0. The Hall–Kier alpha value is -0.610. The Labute approximate surface area is 112 Å². The van der Waals surface area contributed by atoms with Gasteiger partial charge in [0.25, 0.3) is 0 Å². The van der Waals surface area contributed by atoms with E-state index in [-0.39, 0.29) is 16.9 Å². The number of nitrogens with one attached hydrogen (secondary N) is 1. The van der Waals surface area contributed by atoms with Crippen molar-refractivity contribution in [2.45, 2.75) is 59.5 Å². The van der Waals surface area contributed by atoms with E-state index in [1.54, 1.807) is 0 Å². The standard InChI is InChI=1S/C14H30N2O2/c1-13(2,3)18-11-10-17-9-7-6-8-14(4,5)12(15)16/h6-11H2,1-5H3,(H3,15,16). The zero-order valence-electron chi connectivity index (χ0n) is 12.6. The molecule has 0 radical (unpaired) electrons. The van der Waals surface area contributed by atoms with Gasteiger partial charge in [-0.1, -0.05) is 20.3 Å². The summed E-state index contributed by atoms with van der Waals surface area (Å²) < 4.78 is 11.0. The highest BCUT2D eigenvalue weighted by molar-refractivity contribution is 5.82. The summed E-state index contributed by atoms with van der Waals surface area (Å²) in [5.41, 5.74) is 5.25. The Morgan fingerprint density at radius 3 is 2.11 bits per heavy atom. The van der Waals surface area contributed by atoms with E-state index in [9.17, 15) is 0 Å². The molecule has 0 spiro atoms. The van der Waals surface area contributed by atoms with Gasteiger partial charge in [-0.3, -0.25) is 5.41 Å². The number of nitrogens with two attached hydrogens (primary N) is 1. The monoisotopic (exact) mass is 258 g/mol. The van der Waals surface area contributed by atoms with Crippen molar-refractivity contribution >= 4 is 5.84 Å². The van der Waals surface area contributed by atoms with Crippen LogP contribution in [-0.2, 0) is 9.47 Å². The van der Waals surface area contributed by atoms with Gasteiger partial charge in [0, 0.05) is 12.0 Å². The molecule has 4 nitrogen and oxygen atoms in total. The molecule has 0 atom stereocenters. The van der Waals surface area contributed by atoms with E-state index in [4.69, 9.17) is 20.6 Å². The van der Waals surface area contributed by atoms with Crippen molar-refractivity contribution in [2.24, 2.45) is 11.1 Å². The first-order valence-electron chi connectivity index (χ1n) is 6.71. The van der Waals surface area contributed by atoms with Crippen LogP contribution in [0.5, 0.6) is 0 Å². The van der Waals surface area contributed by atoms with E-state index in [1.165, 1.54) is 0 Å². The molecule has 0 aliphatic rings. The van der Waals surface area contributed by atoms with Crippen molar-refractivity contribution in [3.8, 4) is 0 Å². The second-order valence-corrected chi connectivity index (χ2v) is 6.33. The lowest BCUT2D eigenvalue weighted by Gasteiger charge is -2.22. The molecular weight excluding hydrogens is 228 g/mol. The molecule has 0 unspecified atom stereocenters. The predicted molar refractivity (Wildman–Crippen MR) is 76.1 cm³/mol. The van der Waals surface area contributed by atoms with Crippen LogP contribution >= 0.6 is 0 Å². The van der Waals surface area contributed by atoms with E-state index in [0.717, 1.165) is 25.9 Å². The fraction of sp³-hybridized carbons (Fsp3) is 0.929. The van der Waals surface area contributed by atoms with Gasteiger partial charge in [0.05, 0.1) is 24.7 Å². The fourth-order valence-corrected chi connectivity index (χ4v) is 1.41. The van der Waals surface area contributed by atoms with Gasteiger partial charge < -0.3 is 15.2 Å². The van der Waals surface area contributed by atoms with Gasteiger partial charge in [-0.05, 0) is 33.6 Å². The number of rotatable bonds is 9. The Balaban J connectivity index is 3.40. The summed E-state index contributed by atoms with van der Waals surface area (Å²) >= 11 is 0. The molecule has 0 aliphatic carbocycles. The minimum atomic E-state index is -0.185. The van der Waals surface area contributed by atoms with E-state index in [1.807, 2.05) is 34.6 Å². The molecule has 0 aromatic carbocycles. The fourth-order valence-electron chi connectivity index (χ4n) is 1.41. The summed E-state index contributed by atoms with van der Waals surface area (Å²) in [7, 11) is 0. The second-order valence-electron chi connectivity index (χ2n) is 6.33. The average molecular weight is 258 g/mol.